The van der Waals surface area contributed by atoms with Crippen LogP contribution in [0.15, 0.2) is 35.2 Å². The fraction of sp³-hybridized carbons (Fsp3) is 0.435. The Kier molecular flexibility index (Phi) is 8.11. The van der Waals surface area contributed by atoms with Gasteiger partial charge in [-0.15, -0.1) is 0 Å². The largest absolute Gasteiger partial charge is 0.492 e. The Labute approximate surface area is 198 Å². The molecule has 1 heterocycles. The van der Waals surface area contributed by atoms with E-state index in [1.165, 1.54) is 17.0 Å². The van der Waals surface area contributed by atoms with E-state index in [2.05, 4.69) is 4.90 Å². The zero-order valence-electron chi connectivity index (χ0n) is 19.4. The number of hydrogen-bond donors (Lipinski definition) is 1. The molecular weight excluding hydrogens is 468 g/mol. The van der Waals surface area contributed by atoms with Crippen molar-refractivity contribution in [3.05, 3.63) is 53.1 Å². The van der Waals surface area contributed by atoms with E-state index in [1.807, 2.05) is 0 Å². The molecule has 0 spiro atoms. The normalized spacial score (nSPS) is 14.8. The SMILES string of the molecule is COc1c(F)cc(CC(=O)N(C)Cc2cc(F)ccc2N2CCC(OC)CC2)cc1S(N)(=O)=O. The third kappa shape index (κ3) is 6.02. The number of primary sulfonamides is 1. The van der Waals surface area contributed by atoms with E-state index in [1.54, 1.807) is 20.2 Å². The number of ether oxygens (including phenoxy) is 2. The second-order valence-electron chi connectivity index (χ2n) is 8.28. The molecule has 0 radical (unpaired) electrons. The van der Waals surface area contributed by atoms with Gasteiger partial charge < -0.3 is 19.3 Å². The molecule has 186 valence electrons. The molecule has 0 saturated carbocycles. The van der Waals surface area contributed by atoms with Gasteiger partial charge in [0.15, 0.2) is 11.6 Å². The summed E-state index contributed by atoms with van der Waals surface area (Å²) < 4.78 is 62.3. The van der Waals surface area contributed by atoms with Crippen LogP contribution < -0.4 is 14.8 Å². The minimum Gasteiger partial charge on any atom is -0.492 e. The van der Waals surface area contributed by atoms with Crippen molar-refractivity contribution in [1.29, 1.82) is 0 Å². The smallest absolute Gasteiger partial charge is 0.241 e. The summed E-state index contributed by atoms with van der Waals surface area (Å²) in [5.74, 6) is -2.26. The first kappa shape index (κ1) is 25.9. The molecule has 1 aliphatic rings. The van der Waals surface area contributed by atoms with Crippen LogP contribution in [-0.4, -0.2) is 59.7 Å². The van der Waals surface area contributed by atoms with Gasteiger partial charge >= 0.3 is 0 Å². The van der Waals surface area contributed by atoms with Crippen molar-refractivity contribution in [3.8, 4) is 5.75 Å². The van der Waals surface area contributed by atoms with Crippen LogP contribution in [0.4, 0.5) is 14.5 Å². The highest BCUT2D eigenvalue weighted by Crippen LogP contribution is 2.29. The molecular formula is C23H29F2N3O5S. The van der Waals surface area contributed by atoms with Crippen molar-refractivity contribution in [2.75, 3.05) is 39.3 Å². The van der Waals surface area contributed by atoms with Gasteiger partial charge in [-0.1, -0.05) is 0 Å². The van der Waals surface area contributed by atoms with Crippen molar-refractivity contribution < 1.29 is 31.5 Å². The molecule has 1 fully saturated rings. The zero-order valence-corrected chi connectivity index (χ0v) is 20.2. The highest BCUT2D eigenvalue weighted by molar-refractivity contribution is 7.89. The molecule has 1 saturated heterocycles. The lowest BCUT2D eigenvalue weighted by Gasteiger charge is -2.34. The topological polar surface area (TPSA) is 102 Å². The average molecular weight is 498 g/mol. The fourth-order valence-corrected chi connectivity index (χ4v) is 4.86. The number of methoxy groups -OCH3 is 2. The van der Waals surface area contributed by atoms with Gasteiger partial charge in [-0.2, -0.15) is 0 Å². The quantitative estimate of drug-likeness (QED) is 0.601. The molecule has 2 aromatic carbocycles. The molecule has 34 heavy (non-hydrogen) atoms. The predicted molar refractivity (Wildman–Crippen MR) is 123 cm³/mol. The molecule has 0 atom stereocenters. The van der Waals surface area contributed by atoms with E-state index >= 15 is 0 Å². The second kappa shape index (κ2) is 10.7. The summed E-state index contributed by atoms with van der Waals surface area (Å²) in [6.07, 6.45) is 1.61. The van der Waals surface area contributed by atoms with E-state index in [-0.39, 0.29) is 24.6 Å². The first-order valence-electron chi connectivity index (χ1n) is 10.7. The van der Waals surface area contributed by atoms with Crippen molar-refractivity contribution in [3.63, 3.8) is 0 Å². The molecule has 0 bridgehead atoms. The molecule has 3 rings (SSSR count). The van der Waals surface area contributed by atoms with Crippen molar-refractivity contribution in [2.45, 2.75) is 36.8 Å². The lowest BCUT2D eigenvalue weighted by atomic mass is 10.0. The summed E-state index contributed by atoms with van der Waals surface area (Å²) in [6, 6.07) is 6.64. The molecule has 2 aromatic rings. The number of likely N-dealkylation sites (N-methyl/N-ethyl adjacent to an activating group) is 1. The molecule has 11 heteroatoms. The number of carbonyl (C=O) groups is 1. The summed E-state index contributed by atoms with van der Waals surface area (Å²) in [5.41, 5.74) is 1.60. The highest BCUT2D eigenvalue weighted by atomic mass is 32.2. The van der Waals surface area contributed by atoms with Gasteiger partial charge in [-0.3, -0.25) is 4.79 Å². The Balaban J connectivity index is 1.78. The van der Waals surface area contributed by atoms with Gasteiger partial charge in [0.25, 0.3) is 0 Å². The Morgan fingerprint density at radius 1 is 1.18 bits per heavy atom. The third-order valence-corrected chi connectivity index (χ3v) is 6.84. The Morgan fingerprint density at radius 2 is 1.85 bits per heavy atom. The number of nitrogens with zero attached hydrogens (tertiary/aromatic N) is 2. The van der Waals surface area contributed by atoms with E-state index < -0.39 is 38.2 Å². The summed E-state index contributed by atoms with van der Waals surface area (Å²) in [7, 11) is 0.0906. The minimum absolute atomic E-state index is 0.122. The summed E-state index contributed by atoms with van der Waals surface area (Å²) in [5, 5.41) is 5.17. The molecule has 8 nitrogen and oxygen atoms in total. The Bertz CT molecular complexity index is 1150. The van der Waals surface area contributed by atoms with Crippen molar-refractivity contribution in [1.82, 2.24) is 4.90 Å². The van der Waals surface area contributed by atoms with Crippen LogP contribution in [0.5, 0.6) is 5.75 Å². The summed E-state index contributed by atoms with van der Waals surface area (Å²) >= 11 is 0. The standard InChI is InChI=1S/C23H29F2N3O5S/c1-27(22(29)12-15-10-19(25)23(33-3)21(11-15)34(26,30)31)14-16-13-17(24)4-5-20(16)28-8-6-18(32-2)7-9-28/h4-5,10-11,13,18H,6-9,12,14H2,1-3H3,(H2,26,30,31). The van der Waals surface area contributed by atoms with Crippen LogP contribution in [0.25, 0.3) is 0 Å². The van der Waals surface area contributed by atoms with Gasteiger partial charge in [-0.25, -0.2) is 22.3 Å². The van der Waals surface area contributed by atoms with E-state index in [9.17, 15) is 22.0 Å². The molecule has 0 aromatic heterocycles. The maximum atomic E-state index is 14.4. The summed E-state index contributed by atoms with van der Waals surface area (Å²) in [4.78, 5) is 15.9. The van der Waals surface area contributed by atoms with Crippen LogP contribution in [0.1, 0.15) is 24.0 Å². The van der Waals surface area contributed by atoms with E-state index in [0.717, 1.165) is 50.9 Å². The summed E-state index contributed by atoms with van der Waals surface area (Å²) in [6.45, 7) is 1.61. The molecule has 1 amide bonds. The van der Waals surface area contributed by atoms with Crippen LogP contribution in [0, 0.1) is 11.6 Å². The second-order valence-corrected chi connectivity index (χ2v) is 9.81. The number of rotatable bonds is 8. The minimum atomic E-state index is -4.27. The van der Waals surface area contributed by atoms with Crippen LogP contribution in [0.3, 0.4) is 0 Å². The molecule has 0 unspecified atom stereocenters. The Morgan fingerprint density at radius 3 is 2.44 bits per heavy atom. The molecule has 0 aliphatic carbocycles. The van der Waals surface area contributed by atoms with E-state index in [4.69, 9.17) is 14.6 Å². The number of anilines is 1. The maximum Gasteiger partial charge on any atom is 0.241 e. The fourth-order valence-electron chi connectivity index (χ4n) is 4.11. The predicted octanol–water partition coefficient (Wildman–Crippen LogP) is 2.44. The van der Waals surface area contributed by atoms with Crippen molar-refractivity contribution in [2.24, 2.45) is 5.14 Å². The average Bonchev–Trinajstić information content (AvgIpc) is 2.78. The number of halogens is 2. The van der Waals surface area contributed by atoms with Crippen LogP contribution >= 0.6 is 0 Å². The van der Waals surface area contributed by atoms with Crippen molar-refractivity contribution >= 4 is 21.6 Å². The number of sulfonamides is 1. The maximum absolute atomic E-state index is 14.4. The van der Waals surface area contributed by atoms with E-state index in [0.29, 0.717) is 5.56 Å². The van der Waals surface area contributed by atoms with Crippen LogP contribution in [0.2, 0.25) is 0 Å². The van der Waals surface area contributed by atoms with Crippen LogP contribution in [-0.2, 0) is 32.5 Å². The van der Waals surface area contributed by atoms with Gasteiger partial charge in [0.2, 0.25) is 15.9 Å². The number of benzene rings is 2. The van der Waals surface area contributed by atoms with Gasteiger partial charge in [0, 0.05) is 39.5 Å². The van der Waals surface area contributed by atoms with Gasteiger partial charge in [-0.05, 0) is 54.3 Å². The monoisotopic (exact) mass is 497 g/mol. The number of amides is 1. The first-order valence-corrected chi connectivity index (χ1v) is 12.3. The lowest BCUT2D eigenvalue weighted by molar-refractivity contribution is -0.129. The number of nitrogens with two attached hydrogens (primary N) is 1. The molecule has 1 aliphatic heterocycles. The number of piperidine rings is 1. The van der Waals surface area contributed by atoms with Gasteiger partial charge in [0.1, 0.15) is 10.7 Å². The zero-order chi connectivity index (χ0) is 25.0. The first-order chi connectivity index (χ1) is 16.0. The highest BCUT2D eigenvalue weighted by Gasteiger charge is 2.24. The number of hydrogen-bond acceptors (Lipinski definition) is 6. The van der Waals surface area contributed by atoms with Gasteiger partial charge in [0.05, 0.1) is 19.6 Å². The third-order valence-electron chi connectivity index (χ3n) is 5.93. The number of carbonyl (C=O) groups excluding carboxylic acids is 1. The molecule has 2 N–H and O–H groups in total. The Hall–Kier alpha value is -2.76. The lowest BCUT2D eigenvalue weighted by Crippen LogP contribution is -2.37.